The smallest absolute Gasteiger partial charge is 0.416 e. The molecule has 0 aromatic heterocycles. The first-order valence-corrected chi connectivity index (χ1v) is 10.3. The van der Waals surface area contributed by atoms with Crippen LogP contribution in [0, 0.1) is 0 Å². The highest BCUT2D eigenvalue weighted by molar-refractivity contribution is 7.92. The van der Waals surface area contributed by atoms with E-state index in [9.17, 15) is 26.4 Å². The maximum absolute atomic E-state index is 13.2. The van der Waals surface area contributed by atoms with Crippen molar-refractivity contribution in [3.63, 3.8) is 0 Å². The predicted octanol–water partition coefficient (Wildman–Crippen LogP) is 4.93. The van der Waals surface area contributed by atoms with Crippen molar-refractivity contribution in [2.45, 2.75) is 17.5 Å². The van der Waals surface area contributed by atoms with E-state index in [1.165, 1.54) is 42.5 Å². The first kappa shape index (κ1) is 22.2. The summed E-state index contributed by atoms with van der Waals surface area (Å²) < 4.78 is 72.5. The molecule has 0 saturated heterocycles. The van der Waals surface area contributed by atoms with Gasteiger partial charge in [0.1, 0.15) is 5.75 Å². The third-order valence-electron chi connectivity index (χ3n) is 4.09. The van der Waals surface area contributed by atoms with Crippen LogP contribution < -0.4 is 9.46 Å². The number of halogens is 3. The third-order valence-corrected chi connectivity index (χ3v) is 5.47. The number of hydrogen-bond acceptors (Lipinski definition) is 4. The summed E-state index contributed by atoms with van der Waals surface area (Å²) in [6, 6.07) is 15.5. The molecule has 0 radical (unpaired) electrons. The van der Waals surface area contributed by atoms with E-state index < -0.39 is 33.4 Å². The largest absolute Gasteiger partial charge is 0.481 e. The average Bonchev–Trinajstić information content (AvgIpc) is 2.69. The number of carboxylic acid groups (broad SMARTS) is 1. The quantitative estimate of drug-likeness (QED) is 0.532. The number of carbonyl (C=O) groups is 1. The Kier molecular flexibility index (Phi) is 6.21. The fourth-order valence-corrected chi connectivity index (χ4v) is 3.78. The van der Waals surface area contributed by atoms with E-state index in [2.05, 4.69) is 4.72 Å². The van der Waals surface area contributed by atoms with Crippen LogP contribution in [0.2, 0.25) is 0 Å². The second-order valence-electron chi connectivity index (χ2n) is 6.45. The number of benzene rings is 3. The molecule has 0 amide bonds. The van der Waals surface area contributed by atoms with E-state index in [0.717, 1.165) is 12.1 Å². The van der Waals surface area contributed by atoms with Crippen molar-refractivity contribution in [2.75, 3.05) is 4.72 Å². The monoisotopic (exact) mass is 451 g/mol. The Bertz CT molecular complexity index is 1200. The summed E-state index contributed by atoms with van der Waals surface area (Å²) in [5.41, 5.74) is -1.07. The maximum Gasteiger partial charge on any atom is 0.416 e. The highest BCUT2D eigenvalue weighted by Gasteiger charge is 2.32. The van der Waals surface area contributed by atoms with Gasteiger partial charge < -0.3 is 9.84 Å². The van der Waals surface area contributed by atoms with Crippen molar-refractivity contribution in [1.82, 2.24) is 0 Å². The van der Waals surface area contributed by atoms with Crippen LogP contribution in [-0.4, -0.2) is 19.5 Å². The molecule has 0 aliphatic rings. The van der Waals surface area contributed by atoms with Gasteiger partial charge in [0.25, 0.3) is 10.0 Å². The molecule has 6 nitrogen and oxygen atoms in total. The number of hydrogen-bond donors (Lipinski definition) is 2. The summed E-state index contributed by atoms with van der Waals surface area (Å²) in [6.07, 6.45) is -4.98. The van der Waals surface area contributed by atoms with Crippen LogP contribution >= 0.6 is 0 Å². The number of carboxylic acids is 1. The van der Waals surface area contributed by atoms with Crippen LogP contribution in [0.25, 0.3) is 0 Å². The molecule has 0 aliphatic carbocycles. The lowest BCUT2D eigenvalue weighted by Crippen LogP contribution is -2.14. The standard InChI is InChI=1S/C21H16F3NO5S/c22-21(23,24)15-9-10-19(30-16-6-4-5-14(11-16)12-20(26)27)18(13-15)25-31(28,29)17-7-2-1-3-8-17/h1-11,13,25H,12H2,(H,26,27). The van der Waals surface area contributed by atoms with Crippen molar-refractivity contribution < 1.29 is 36.2 Å². The molecule has 3 aromatic carbocycles. The number of aliphatic carboxylic acids is 1. The molecule has 3 aromatic rings. The topological polar surface area (TPSA) is 92.7 Å². The zero-order chi connectivity index (χ0) is 22.6. The SMILES string of the molecule is O=C(O)Cc1cccc(Oc2ccc(C(F)(F)F)cc2NS(=O)(=O)c2ccccc2)c1. The van der Waals surface area contributed by atoms with Gasteiger partial charge in [-0.2, -0.15) is 13.2 Å². The Labute approximate surface area is 176 Å². The number of rotatable bonds is 7. The lowest BCUT2D eigenvalue weighted by Gasteiger charge is -2.16. The minimum absolute atomic E-state index is 0.137. The highest BCUT2D eigenvalue weighted by Crippen LogP contribution is 2.37. The first-order valence-electron chi connectivity index (χ1n) is 8.82. The van der Waals surface area contributed by atoms with Gasteiger partial charge in [0.15, 0.2) is 5.75 Å². The van der Waals surface area contributed by atoms with Crippen molar-refractivity contribution in [2.24, 2.45) is 0 Å². The summed E-state index contributed by atoms with van der Waals surface area (Å²) in [4.78, 5) is 10.8. The van der Waals surface area contributed by atoms with Gasteiger partial charge in [0.2, 0.25) is 0 Å². The average molecular weight is 451 g/mol. The Morgan fingerprint density at radius 2 is 1.68 bits per heavy atom. The predicted molar refractivity (Wildman–Crippen MR) is 107 cm³/mol. The molecule has 3 rings (SSSR count). The fraction of sp³-hybridized carbons (Fsp3) is 0.0952. The van der Waals surface area contributed by atoms with Crippen LogP contribution in [0.5, 0.6) is 11.5 Å². The molecule has 0 bridgehead atoms. The van der Waals surface area contributed by atoms with Gasteiger partial charge in [-0.25, -0.2) is 8.42 Å². The summed E-state index contributed by atoms with van der Waals surface area (Å²) >= 11 is 0. The maximum atomic E-state index is 13.2. The number of nitrogens with one attached hydrogen (secondary N) is 1. The van der Waals surface area contributed by atoms with Gasteiger partial charge in [0.05, 0.1) is 22.6 Å². The van der Waals surface area contributed by atoms with E-state index in [1.807, 2.05) is 0 Å². The summed E-state index contributed by atoms with van der Waals surface area (Å²) in [5, 5.41) is 8.91. The Morgan fingerprint density at radius 3 is 2.32 bits per heavy atom. The molecule has 2 N–H and O–H groups in total. The van der Waals surface area contributed by atoms with Crippen LogP contribution in [0.15, 0.2) is 77.7 Å². The molecule has 0 atom stereocenters. The Morgan fingerprint density at radius 1 is 0.968 bits per heavy atom. The van der Waals surface area contributed by atoms with E-state index in [-0.39, 0.29) is 22.8 Å². The summed E-state index contributed by atoms with van der Waals surface area (Å²) in [5.74, 6) is -1.11. The zero-order valence-electron chi connectivity index (χ0n) is 15.8. The van der Waals surface area contributed by atoms with Crippen LogP contribution in [0.3, 0.4) is 0 Å². The normalized spacial score (nSPS) is 11.7. The van der Waals surface area contributed by atoms with Crippen molar-refractivity contribution in [3.05, 3.63) is 83.9 Å². The minimum Gasteiger partial charge on any atom is -0.481 e. The molecule has 0 fully saturated rings. The summed E-state index contributed by atoms with van der Waals surface area (Å²) in [7, 11) is -4.19. The lowest BCUT2D eigenvalue weighted by molar-refractivity contribution is -0.138. The molecule has 0 spiro atoms. The molecule has 162 valence electrons. The van der Waals surface area contributed by atoms with Gasteiger partial charge in [-0.15, -0.1) is 0 Å². The van der Waals surface area contributed by atoms with Crippen LogP contribution in [0.1, 0.15) is 11.1 Å². The number of ether oxygens (including phenoxy) is 1. The molecular weight excluding hydrogens is 435 g/mol. The second kappa shape index (κ2) is 8.68. The third kappa shape index (κ3) is 5.76. The molecule has 31 heavy (non-hydrogen) atoms. The van der Waals surface area contributed by atoms with E-state index >= 15 is 0 Å². The van der Waals surface area contributed by atoms with E-state index in [1.54, 1.807) is 12.1 Å². The Hall–Kier alpha value is -3.53. The van der Waals surface area contributed by atoms with Gasteiger partial charge >= 0.3 is 12.1 Å². The van der Waals surface area contributed by atoms with E-state index in [4.69, 9.17) is 9.84 Å². The van der Waals surface area contributed by atoms with Gasteiger partial charge in [-0.05, 0) is 48.0 Å². The summed E-state index contributed by atoms with van der Waals surface area (Å²) in [6.45, 7) is 0. The minimum atomic E-state index is -4.70. The highest BCUT2D eigenvalue weighted by atomic mass is 32.2. The van der Waals surface area contributed by atoms with Crippen molar-refractivity contribution in [1.29, 1.82) is 0 Å². The Balaban J connectivity index is 2.00. The molecule has 0 heterocycles. The molecule has 0 saturated carbocycles. The van der Waals surface area contributed by atoms with E-state index in [0.29, 0.717) is 11.6 Å². The van der Waals surface area contributed by atoms with Crippen molar-refractivity contribution in [3.8, 4) is 11.5 Å². The fourth-order valence-electron chi connectivity index (χ4n) is 2.70. The first-order chi connectivity index (χ1) is 14.5. The number of sulfonamides is 1. The van der Waals surface area contributed by atoms with Crippen LogP contribution in [-0.2, 0) is 27.4 Å². The van der Waals surface area contributed by atoms with Gasteiger partial charge in [0, 0.05) is 0 Å². The van der Waals surface area contributed by atoms with Crippen LogP contribution in [0.4, 0.5) is 18.9 Å². The molecule has 0 aliphatic heterocycles. The lowest BCUT2D eigenvalue weighted by atomic mass is 10.1. The molecule has 10 heteroatoms. The molecule has 0 unspecified atom stereocenters. The van der Waals surface area contributed by atoms with Gasteiger partial charge in [-0.1, -0.05) is 30.3 Å². The van der Waals surface area contributed by atoms with Gasteiger partial charge in [-0.3, -0.25) is 9.52 Å². The second-order valence-corrected chi connectivity index (χ2v) is 8.13. The zero-order valence-corrected chi connectivity index (χ0v) is 16.6. The van der Waals surface area contributed by atoms with Crippen molar-refractivity contribution >= 4 is 21.7 Å². The number of alkyl halides is 3. The molecular formula is C21H16F3NO5S. The number of anilines is 1.